The smallest absolute Gasteiger partial charge is 0.310 e. The summed E-state index contributed by atoms with van der Waals surface area (Å²) in [6.45, 7) is 2.36. The van der Waals surface area contributed by atoms with Gasteiger partial charge in [-0.15, -0.1) is 48.0 Å². The van der Waals surface area contributed by atoms with Gasteiger partial charge in [0.2, 0.25) is 0 Å². The Balaban J connectivity index is -0.000000180. The van der Waals surface area contributed by atoms with Crippen molar-refractivity contribution in [2.24, 2.45) is 0 Å². The van der Waals surface area contributed by atoms with Gasteiger partial charge in [-0.3, -0.25) is 9.59 Å². The first-order valence-electron chi connectivity index (χ1n) is 1.82. The van der Waals surface area contributed by atoms with Crippen LogP contribution in [0.2, 0.25) is 0 Å². The van der Waals surface area contributed by atoms with Crippen LogP contribution in [0.5, 0.6) is 0 Å². The molecule has 0 aliphatic heterocycles. The monoisotopic (exact) mass is 358 g/mol. The molecule has 0 aromatic carbocycles. The Morgan fingerprint density at radius 2 is 1.22 bits per heavy atom. The Morgan fingerprint density at radius 3 is 1.22 bits per heavy atom. The van der Waals surface area contributed by atoms with Crippen LogP contribution in [0.4, 0.5) is 0 Å². The second-order valence-corrected chi connectivity index (χ2v) is 1.09. The zero-order valence-electron chi connectivity index (χ0n) is 5.04. The lowest BCUT2D eigenvalue weighted by Gasteiger charge is -1.87. The van der Waals surface area contributed by atoms with E-state index < -0.39 is 11.9 Å². The third-order valence-electron chi connectivity index (χ3n) is 0.287. The zero-order chi connectivity index (χ0) is 5.86. The van der Waals surface area contributed by atoms with Gasteiger partial charge >= 0.3 is 11.9 Å². The molecule has 0 fully saturated rings. The summed E-state index contributed by atoms with van der Waals surface area (Å²) in [4.78, 5) is 19.6. The molecular weight excluding hydrogens is 350 g/mol. The molecule has 0 N–H and O–H groups in total. The first-order valence-corrected chi connectivity index (χ1v) is 1.82. The highest BCUT2D eigenvalue weighted by Crippen LogP contribution is 1.73. The van der Waals surface area contributed by atoms with Gasteiger partial charge in [-0.2, -0.15) is 0 Å². The largest absolute Gasteiger partial charge is 0.394 e. The van der Waals surface area contributed by atoms with Crippen molar-refractivity contribution in [3.63, 3.8) is 0 Å². The molecule has 0 aromatic heterocycles. The van der Waals surface area contributed by atoms with Crippen molar-refractivity contribution in [1.82, 2.24) is 0 Å². The van der Waals surface area contributed by atoms with Crippen LogP contribution in [0.3, 0.4) is 0 Å². The van der Waals surface area contributed by atoms with Gasteiger partial charge in [-0.1, -0.05) is 0 Å². The number of hydrogen-bond donors (Lipinski definition) is 0. The molecule has 56 valence electrons. The summed E-state index contributed by atoms with van der Waals surface area (Å²) in [6, 6.07) is 0. The van der Waals surface area contributed by atoms with Crippen molar-refractivity contribution in [2.75, 3.05) is 0 Å². The molecular formula is C4H8I2O3. The third kappa shape index (κ3) is 17.7. The van der Waals surface area contributed by atoms with Crippen molar-refractivity contribution in [3.8, 4) is 0 Å². The lowest BCUT2D eigenvalue weighted by atomic mass is 10.7. The number of ether oxygens (including phenoxy) is 1. The van der Waals surface area contributed by atoms with E-state index >= 15 is 0 Å². The quantitative estimate of drug-likeness (QED) is 0.373. The van der Waals surface area contributed by atoms with Gasteiger partial charge in [0.05, 0.1) is 0 Å². The Labute approximate surface area is 87.6 Å². The van der Waals surface area contributed by atoms with Crippen LogP contribution in [0.1, 0.15) is 13.8 Å². The summed E-state index contributed by atoms with van der Waals surface area (Å²) in [7, 11) is 0. The van der Waals surface area contributed by atoms with Gasteiger partial charge in [0.25, 0.3) is 0 Å². The third-order valence-corrected chi connectivity index (χ3v) is 0.287. The second kappa shape index (κ2) is 8.60. The Kier molecular flexibility index (Phi) is 15.6. The van der Waals surface area contributed by atoms with E-state index in [-0.39, 0.29) is 48.0 Å². The van der Waals surface area contributed by atoms with Gasteiger partial charge in [-0.25, -0.2) is 0 Å². The van der Waals surface area contributed by atoms with Crippen molar-refractivity contribution in [1.29, 1.82) is 0 Å². The minimum atomic E-state index is -0.562. The topological polar surface area (TPSA) is 43.4 Å². The lowest BCUT2D eigenvalue weighted by molar-refractivity contribution is -0.156. The molecule has 0 aliphatic rings. The molecule has 0 aliphatic carbocycles. The molecule has 0 amide bonds. The van der Waals surface area contributed by atoms with Crippen molar-refractivity contribution >= 4 is 59.9 Å². The van der Waals surface area contributed by atoms with E-state index in [9.17, 15) is 9.59 Å². The van der Waals surface area contributed by atoms with Gasteiger partial charge in [-0.05, 0) is 0 Å². The molecule has 0 heterocycles. The molecule has 0 unspecified atom stereocenters. The highest BCUT2D eigenvalue weighted by molar-refractivity contribution is 14.0. The highest BCUT2D eigenvalue weighted by Gasteiger charge is 1.93. The lowest BCUT2D eigenvalue weighted by Crippen LogP contribution is -2.03. The molecule has 0 aromatic rings. The van der Waals surface area contributed by atoms with Gasteiger partial charge in [0.15, 0.2) is 0 Å². The predicted molar refractivity (Wildman–Crippen MR) is 53.3 cm³/mol. The first kappa shape index (κ1) is 16.3. The average molecular weight is 358 g/mol. The van der Waals surface area contributed by atoms with E-state index in [2.05, 4.69) is 4.74 Å². The van der Waals surface area contributed by atoms with Crippen LogP contribution in [-0.4, -0.2) is 11.9 Å². The normalized spacial score (nSPS) is 6.00. The molecule has 9 heavy (non-hydrogen) atoms. The Bertz CT molecular complexity index is 90.0. The molecule has 0 radical (unpaired) electrons. The summed E-state index contributed by atoms with van der Waals surface area (Å²) >= 11 is 0. The molecule has 0 rings (SSSR count). The number of esters is 2. The summed E-state index contributed by atoms with van der Waals surface area (Å²) in [5.41, 5.74) is 0. The number of rotatable bonds is 0. The summed E-state index contributed by atoms with van der Waals surface area (Å²) in [5, 5.41) is 0. The first-order chi connectivity index (χ1) is 3.13. The molecule has 0 saturated heterocycles. The van der Waals surface area contributed by atoms with E-state index in [0.29, 0.717) is 0 Å². The minimum Gasteiger partial charge on any atom is -0.394 e. The standard InChI is InChI=1S/C4H6O3.2HI/c1-3(5)7-4(2)6;;/h1-2H3;2*1H. The maximum atomic E-state index is 9.81. The Hall–Kier alpha value is 0.600. The van der Waals surface area contributed by atoms with Crippen LogP contribution >= 0.6 is 48.0 Å². The number of halogens is 2. The Morgan fingerprint density at radius 1 is 1.00 bits per heavy atom. The van der Waals surface area contributed by atoms with Gasteiger partial charge < -0.3 is 4.74 Å². The van der Waals surface area contributed by atoms with Crippen LogP contribution in [0.15, 0.2) is 0 Å². The maximum Gasteiger partial charge on any atom is 0.310 e. The average Bonchev–Trinajstić information content (AvgIpc) is 1.27. The van der Waals surface area contributed by atoms with Crippen LogP contribution in [0, 0.1) is 0 Å². The molecule has 0 atom stereocenters. The molecule has 3 nitrogen and oxygen atoms in total. The van der Waals surface area contributed by atoms with E-state index in [1.165, 1.54) is 13.8 Å². The van der Waals surface area contributed by atoms with Gasteiger partial charge in [0.1, 0.15) is 0 Å². The number of carbonyl (C=O) groups excluding carboxylic acids is 2. The van der Waals surface area contributed by atoms with Crippen molar-refractivity contribution < 1.29 is 14.3 Å². The van der Waals surface area contributed by atoms with E-state index in [1.54, 1.807) is 0 Å². The minimum absolute atomic E-state index is 0. The number of hydrogen-bond acceptors (Lipinski definition) is 3. The van der Waals surface area contributed by atoms with Crippen molar-refractivity contribution in [2.45, 2.75) is 13.8 Å². The maximum absolute atomic E-state index is 9.81. The summed E-state index contributed by atoms with van der Waals surface area (Å²) < 4.78 is 3.97. The van der Waals surface area contributed by atoms with Crippen LogP contribution in [-0.2, 0) is 14.3 Å². The fourth-order valence-electron chi connectivity index (χ4n) is 0.202. The highest BCUT2D eigenvalue weighted by atomic mass is 127. The molecule has 0 bridgehead atoms. The van der Waals surface area contributed by atoms with E-state index in [1.807, 2.05) is 0 Å². The van der Waals surface area contributed by atoms with E-state index in [4.69, 9.17) is 0 Å². The fraction of sp³-hybridized carbons (Fsp3) is 0.500. The summed E-state index contributed by atoms with van der Waals surface area (Å²) in [5.74, 6) is -1.12. The number of carbonyl (C=O) groups is 2. The van der Waals surface area contributed by atoms with Crippen LogP contribution in [0.25, 0.3) is 0 Å². The van der Waals surface area contributed by atoms with E-state index in [0.717, 1.165) is 0 Å². The molecule has 0 spiro atoms. The fourth-order valence-corrected chi connectivity index (χ4v) is 0.202. The summed E-state index contributed by atoms with van der Waals surface area (Å²) in [6.07, 6.45) is 0. The second-order valence-electron chi connectivity index (χ2n) is 1.09. The molecule has 5 heteroatoms. The van der Waals surface area contributed by atoms with Crippen LogP contribution < -0.4 is 0 Å². The SMILES string of the molecule is CC(=O)OC(C)=O.I.I. The zero-order valence-corrected chi connectivity index (χ0v) is 9.70. The molecule has 0 saturated carbocycles. The predicted octanol–water partition coefficient (Wildman–Crippen LogP) is 1.33. The van der Waals surface area contributed by atoms with Gasteiger partial charge in [0, 0.05) is 13.8 Å². The van der Waals surface area contributed by atoms with Crippen molar-refractivity contribution in [3.05, 3.63) is 0 Å².